The van der Waals surface area contributed by atoms with E-state index in [0.29, 0.717) is 41.3 Å². The lowest BCUT2D eigenvalue weighted by Gasteiger charge is -2.60. The van der Waals surface area contributed by atoms with E-state index in [1.54, 1.807) is 0 Å². The number of rotatable bonds is 0. The highest BCUT2D eigenvalue weighted by Crippen LogP contribution is 2.70. The van der Waals surface area contributed by atoms with Crippen LogP contribution in [0.25, 0.3) is 0 Å². The molecule has 2 aliphatic heterocycles. The number of ether oxygens (including phenoxy) is 2. The summed E-state index contributed by atoms with van der Waals surface area (Å²) in [6, 6.07) is 0. The van der Waals surface area contributed by atoms with Crippen molar-refractivity contribution < 1.29 is 19.4 Å². The predicted molar refractivity (Wildman–Crippen MR) is 118 cm³/mol. The number of hydrogen-bond acceptors (Lipinski definition) is 4. The van der Waals surface area contributed by atoms with Gasteiger partial charge in [-0.25, -0.2) is 0 Å². The molecule has 0 aromatic rings. The second-order valence-corrected chi connectivity index (χ2v) is 13.0. The lowest BCUT2D eigenvalue weighted by atomic mass is 9.44. The molecule has 0 radical (unpaired) electrons. The summed E-state index contributed by atoms with van der Waals surface area (Å²) in [5.41, 5.74) is -0.0221. The maximum atomic E-state index is 14.0. The van der Waals surface area contributed by atoms with Gasteiger partial charge in [0, 0.05) is 30.1 Å². The van der Waals surface area contributed by atoms with Gasteiger partial charge in [-0.3, -0.25) is 4.79 Å². The van der Waals surface area contributed by atoms with E-state index in [0.717, 1.165) is 51.6 Å². The Hall–Kier alpha value is -0.450. The number of ketones is 1. The zero-order valence-electron chi connectivity index (χ0n) is 19.9. The first-order valence-corrected chi connectivity index (χ1v) is 13.2. The van der Waals surface area contributed by atoms with E-state index in [2.05, 4.69) is 27.7 Å². The van der Waals surface area contributed by atoms with E-state index < -0.39 is 5.79 Å². The lowest BCUT2D eigenvalue weighted by molar-refractivity contribution is -0.272. The Balaban J connectivity index is 1.30. The van der Waals surface area contributed by atoms with Crippen molar-refractivity contribution in [2.75, 3.05) is 6.61 Å². The molecular weight excluding hydrogens is 388 g/mol. The Morgan fingerprint density at radius 3 is 2.55 bits per heavy atom. The third kappa shape index (κ3) is 2.68. The molecular formula is C27H42O4. The summed E-state index contributed by atoms with van der Waals surface area (Å²) in [4.78, 5) is 14.0. The fourth-order valence-electron chi connectivity index (χ4n) is 9.93. The molecule has 2 heterocycles. The fourth-order valence-corrected chi connectivity index (χ4v) is 9.93. The van der Waals surface area contributed by atoms with Gasteiger partial charge in [0.05, 0.1) is 18.8 Å². The van der Waals surface area contributed by atoms with E-state index >= 15 is 0 Å². The summed E-state index contributed by atoms with van der Waals surface area (Å²) in [5, 5.41) is 10.3. The van der Waals surface area contributed by atoms with Gasteiger partial charge >= 0.3 is 0 Å². The predicted octanol–water partition coefficient (Wildman–Crippen LogP) is 4.97. The molecule has 1 N–H and O–H groups in total. The average molecular weight is 431 g/mol. The van der Waals surface area contributed by atoms with Crippen LogP contribution in [-0.4, -0.2) is 35.5 Å². The van der Waals surface area contributed by atoms with Crippen LogP contribution in [0, 0.1) is 52.3 Å². The van der Waals surface area contributed by atoms with Gasteiger partial charge in [-0.2, -0.15) is 0 Å². The van der Waals surface area contributed by atoms with Crippen LogP contribution in [-0.2, 0) is 14.3 Å². The number of carbonyl (C=O) groups excluding carboxylic acids is 1. The first kappa shape index (κ1) is 21.1. The van der Waals surface area contributed by atoms with Crippen LogP contribution in [0.3, 0.4) is 0 Å². The summed E-state index contributed by atoms with van der Waals surface area (Å²) in [6.07, 6.45) is 9.39. The van der Waals surface area contributed by atoms with Crippen LogP contribution in [0.4, 0.5) is 0 Å². The van der Waals surface area contributed by atoms with Crippen LogP contribution >= 0.6 is 0 Å². The van der Waals surface area contributed by atoms with Crippen molar-refractivity contribution in [1.29, 1.82) is 0 Å². The van der Waals surface area contributed by atoms with Crippen molar-refractivity contribution in [1.82, 2.24) is 0 Å². The molecule has 0 aromatic carbocycles. The van der Waals surface area contributed by atoms with E-state index in [-0.39, 0.29) is 29.0 Å². The normalized spacial score (nSPS) is 60.9. The Morgan fingerprint density at radius 1 is 1.00 bits per heavy atom. The highest BCUT2D eigenvalue weighted by Gasteiger charge is 2.71. The molecule has 6 aliphatic rings. The van der Waals surface area contributed by atoms with Gasteiger partial charge in [0.15, 0.2) is 5.79 Å². The van der Waals surface area contributed by atoms with E-state index in [4.69, 9.17) is 9.47 Å². The monoisotopic (exact) mass is 430 g/mol. The topological polar surface area (TPSA) is 55.8 Å². The number of aliphatic hydroxyl groups is 1. The molecule has 6 rings (SSSR count). The minimum Gasteiger partial charge on any atom is -0.393 e. The maximum absolute atomic E-state index is 14.0. The molecule has 2 saturated heterocycles. The molecule has 6 fully saturated rings. The highest BCUT2D eigenvalue weighted by atomic mass is 16.7. The van der Waals surface area contributed by atoms with Gasteiger partial charge < -0.3 is 14.6 Å². The zero-order valence-corrected chi connectivity index (χ0v) is 19.9. The van der Waals surface area contributed by atoms with Gasteiger partial charge in [-0.15, -0.1) is 0 Å². The molecule has 0 bridgehead atoms. The largest absolute Gasteiger partial charge is 0.393 e. The number of carbonyl (C=O) groups is 1. The molecule has 31 heavy (non-hydrogen) atoms. The van der Waals surface area contributed by atoms with Crippen LogP contribution in [0.1, 0.15) is 85.5 Å². The van der Waals surface area contributed by atoms with Crippen LogP contribution in [0.15, 0.2) is 0 Å². The summed E-state index contributed by atoms with van der Waals surface area (Å²) in [6.45, 7) is 10.1. The highest BCUT2D eigenvalue weighted by molar-refractivity contribution is 5.87. The molecule has 1 spiro atoms. The van der Waals surface area contributed by atoms with Crippen molar-refractivity contribution in [3.05, 3.63) is 0 Å². The summed E-state index contributed by atoms with van der Waals surface area (Å²) < 4.78 is 13.2. The quantitative estimate of drug-likeness (QED) is 0.589. The number of hydrogen-bond donors (Lipinski definition) is 1. The molecule has 12 atom stereocenters. The van der Waals surface area contributed by atoms with E-state index in [1.165, 1.54) is 12.8 Å². The van der Waals surface area contributed by atoms with Crippen LogP contribution in [0.2, 0.25) is 0 Å². The third-order valence-corrected chi connectivity index (χ3v) is 11.8. The van der Waals surface area contributed by atoms with E-state index in [9.17, 15) is 9.90 Å². The zero-order chi connectivity index (χ0) is 21.8. The van der Waals surface area contributed by atoms with Gasteiger partial charge in [-0.1, -0.05) is 27.7 Å². The van der Waals surface area contributed by atoms with Gasteiger partial charge in [0.2, 0.25) is 0 Å². The van der Waals surface area contributed by atoms with Crippen molar-refractivity contribution >= 4 is 5.78 Å². The fraction of sp³-hybridized carbons (Fsp3) is 0.963. The van der Waals surface area contributed by atoms with Gasteiger partial charge in [0.1, 0.15) is 5.78 Å². The summed E-state index contributed by atoms with van der Waals surface area (Å²) in [7, 11) is 0. The summed E-state index contributed by atoms with van der Waals surface area (Å²) >= 11 is 0. The SMILES string of the molecule is CC1C2C(CC3[C@@H]4CCC5C[C@@H](O)CC[C@]5(C)C4CC(=O)[C@]23C)O[C@]12CC[C@@H](C)CO2. The van der Waals surface area contributed by atoms with Crippen molar-refractivity contribution in [2.24, 2.45) is 52.3 Å². The molecule has 6 unspecified atom stereocenters. The molecule has 0 amide bonds. The smallest absolute Gasteiger partial charge is 0.171 e. The van der Waals surface area contributed by atoms with Crippen molar-refractivity contribution in [3.8, 4) is 0 Å². The van der Waals surface area contributed by atoms with Gasteiger partial charge in [0.25, 0.3) is 0 Å². The summed E-state index contributed by atoms with van der Waals surface area (Å²) in [5.74, 6) is 3.45. The van der Waals surface area contributed by atoms with Crippen molar-refractivity contribution in [3.63, 3.8) is 0 Å². The minimum atomic E-state index is -0.448. The first-order chi connectivity index (χ1) is 14.7. The maximum Gasteiger partial charge on any atom is 0.171 e. The minimum absolute atomic E-state index is 0.131. The molecule has 4 nitrogen and oxygen atoms in total. The Morgan fingerprint density at radius 2 is 1.81 bits per heavy atom. The molecule has 174 valence electrons. The Kier molecular flexibility index (Phi) is 4.62. The van der Waals surface area contributed by atoms with Crippen LogP contribution in [0.5, 0.6) is 0 Å². The molecule has 4 aliphatic carbocycles. The van der Waals surface area contributed by atoms with E-state index in [1.807, 2.05) is 0 Å². The number of Topliss-reactive ketones (excluding diaryl/α,β-unsaturated/α-hetero) is 1. The lowest BCUT2D eigenvalue weighted by Crippen LogP contribution is -2.58. The van der Waals surface area contributed by atoms with Gasteiger partial charge in [-0.05, 0) is 80.0 Å². The number of aliphatic hydroxyl groups excluding tert-OH is 1. The van der Waals surface area contributed by atoms with Crippen LogP contribution < -0.4 is 0 Å². The van der Waals surface area contributed by atoms with Crippen molar-refractivity contribution in [2.45, 2.75) is 103 Å². The molecule has 4 saturated carbocycles. The first-order valence-electron chi connectivity index (χ1n) is 13.2. The molecule has 0 aromatic heterocycles. The second-order valence-electron chi connectivity index (χ2n) is 13.0. The Bertz CT molecular complexity index is 756. The molecule has 4 heteroatoms. The average Bonchev–Trinajstić information content (AvgIpc) is 3.18. The third-order valence-electron chi connectivity index (χ3n) is 11.8. The second kappa shape index (κ2) is 6.79. The number of fused-ring (bicyclic) bond motifs is 7. The Labute approximate surface area is 187 Å². The standard InChI is InChI=1S/C27H42O4/c1-15-7-10-27(30-14-15)16(2)24-22(31-27)12-21-19-6-5-17-11-18(28)8-9-25(17,3)20(19)13-23(29)26(21,24)4/h15-22,24,28H,5-14H2,1-4H3/t15-,16?,17?,18+,19-,20?,21?,22?,24?,25+,26-,27-/m1/s1.